The predicted molar refractivity (Wildman–Crippen MR) is 50.2 cm³/mol. The largest absolute Gasteiger partial charge is 0.332 e. The van der Waals surface area contributed by atoms with E-state index in [1.54, 1.807) is 0 Å². The Hall–Kier alpha value is -0.940. The molecule has 0 radical (unpaired) electrons. The number of hydrogen-bond donors (Lipinski definition) is 1. The maximum Gasteiger partial charge on any atom is 0.150 e. The number of aromatic amines is 1. The average molecular weight is 183 g/mol. The molecule has 0 amide bonds. The Morgan fingerprint density at radius 2 is 2.08 bits per heavy atom. The molecule has 0 saturated heterocycles. The molecule has 1 aromatic heterocycles. The molecule has 0 saturated carbocycles. The highest BCUT2D eigenvalue weighted by atomic mass is 35.5. The lowest BCUT2D eigenvalue weighted by Gasteiger charge is -2.13. The molecule has 0 atom stereocenters. The van der Waals surface area contributed by atoms with E-state index in [2.05, 4.69) is 15.9 Å². The maximum absolute atomic E-state index is 5.79. The molecule has 64 valence electrons. The van der Waals surface area contributed by atoms with Gasteiger partial charge < -0.3 is 4.98 Å². The Bertz CT molecular complexity index is 325. The topological polar surface area (TPSA) is 28.7 Å². The Balaban J connectivity index is 3.16. The molecule has 0 fully saturated rings. The molecule has 0 aliphatic rings. The predicted octanol–water partition coefficient (Wildman–Crippen LogP) is 2.34. The van der Waals surface area contributed by atoms with E-state index in [9.17, 15) is 0 Å². The van der Waals surface area contributed by atoms with Crippen LogP contribution in [0.15, 0.2) is 0 Å². The number of halogens is 1. The standard InChI is InChI=1S/C9H11ClN2/c1-5-6-7(10)12-8(11-6)9(2,3)4/h1H,2-4H3,(H,11,12). The van der Waals surface area contributed by atoms with Crippen molar-refractivity contribution in [2.75, 3.05) is 0 Å². The minimum atomic E-state index is -0.0429. The first-order chi connectivity index (χ1) is 5.45. The SMILES string of the molecule is C#Cc1nc(C(C)(C)C)[nH]c1Cl. The van der Waals surface area contributed by atoms with Gasteiger partial charge >= 0.3 is 0 Å². The molecule has 2 nitrogen and oxygen atoms in total. The van der Waals surface area contributed by atoms with E-state index < -0.39 is 0 Å². The van der Waals surface area contributed by atoms with Gasteiger partial charge in [-0.3, -0.25) is 0 Å². The normalized spacial score (nSPS) is 11.2. The van der Waals surface area contributed by atoms with Crippen LogP contribution in [-0.2, 0) is 5.41 Å². The second-order valence-electron chi connectivity index (χ2n) is 3.64. The Morgan fingerprint density at radius 1 is 1.50 bits per heavy atom. The molecule has 1 aromatic rings. The van der Waals surface area contributed by atoms with Crippen LogP contribution in [0.3, 0.4) is 0 Å². The Morgan fingerprint density at radius 3 is 2.33 bits per heavy atom. The van der Waals surface area contributed by atoms with Crippen LogP contribution < -0.4 is 0 Å². The molecule has 3 heteroatoms. The van der Waals surface area contributed by atoms with Crippen LogP contribution >= 0.6 is 11.6 Å². The van der Waals surface area contributed by atoms with Crippen molar-refractivity contribution in [3.05, 3.63) is 16.7 Å². The highest BCUT2D eigenvalue weighted by Crippen LogP contribution is 2.22. The van der Waals surface area contributed by atoms with Crippen molar-refractivity contribution in [1.82, 2.24) is 9.97 Å². The van der Waals surface area contributed by atoms with Gasteiger partial charge in [-0.15, -0.1) is 6.42 Å². The maximum atomic E-state index is 5.79. The van der Waals surface area contributed by atoms with Crippen molar-refractivity contribution in [3.63, 3.8) is 0 Å². The number of nitrogens with one attached hydrogen (secondary N) is 1. The molecular formula is C9H11ClN2. The first kappa shape index (κ1) is 9.15. The van der Waals surface area contributed by atoms with Crippen molar-refractivity contribution in [3.8, 4) is 12.3 Å². The van der Waals surface area contributed by atoms with Gasteiger partial charge in [-0.25, -0.2) is 4.98 Å². The summed E-state index contributed by atoms with van der Waals surface area (Å²) in [5.41, 5.74) is 0.445. The summed E-state index contributed by atoms with van der Waals surface area (Å²) in [5, 5.41) is 0.447. The van der Waals surface area contributed by atoms with Crippen molar-refractivity contribution in [1.29, 1.82) is 0 Å². The number of terminal acetylenes is 1. The summed E-state index contributed by atoms with van der Waals surface area (Å²) in [6.07, 6.45) is 5.19. The zero-order valence-electron chi connectivity index (χ0n) is 7.40. The Kier molecular flexibility index (Phi) is 2.16. The second kappa shape index (κ2) is 2.84. The first-order valence-corrected chi connectivity index (χ1v) is 4.05. The molecule has 1 N–H and O–H groups in total. The lowest BCUT2D eigenvalue weighted by molar-refractivity contribution is 0.552. The second-order valence-corrected chi connectivity index (χ2v) is 4.02. The van der Waals surface area contributed by atoms with Crippen LogP contribution in [0.25, 0.3) is 0 Å². The third-order valence-corrected chi connectivity index (χ3v) is 1.78. The van der Waals surface area contributed by atoms with Crippen LogP contribution in [0.4, 0.5) is 0 Å². The van der Waals surface area contributed by atoms with Gasteiger partial charge in [0.25, 0.3) is 0 Å². The fourth-order valence-electron chi connectivity index (χ4n) is 0.803. The van der Waals surface area contributed by atoms with Crippen LogP contribution in [0, 0.1) is 12.3 Å². The van der Waals surface area contributed by atoms with Crippen molar-refractivity contribution < 1.29 is 0 Å². The van der Waals surface area contributed by atoms with Gasteiger partial charge in [0.05, 0.1) is 0 Å². The number of aromatic nitrogens is 2. The van der Waals surface area contributed by atoms with Crippen molar-refractivity contribution in [2.45, 2.75) is 26.2 Å². The fraction of sp³-hybridized carbons (Fsp3) is 0.444. The summed E-state index contributed by atoms with van der Waals surface area (Å²) in [6, 6.07) is 0. The van der Waals surface area contributed by atoms with Gasteiger partial charge in [-0.2, -0.15) is 0 Å². The number of H-pyrrole nitrogens is 1. The van der Waals surface area contributed by atoms with Gasteiger partial charge in [0.15, 0.2) is 0 Å². The first-order valence-electron chi connectivity index (χ1n) is 3.67. The van der Waals surface area contributed by atoms with Gasteiger partial charge in [0.1, 0.15) is 16.7 Å². The van der Waals surface area contributed by atoms with Gasteiger partial charge in [-0.05, 0) is 5.92 Å². The number of rotatable bonds is 0. The van der Waals surface area contributed by atoms with E-state index in [1.165, 1.54) is 0 Å². The van der Waals surface area contributed by atoms with E-state index >= 15 is 0 Å². The monoisotopic (exact) mass is 182 g/mol. The zero-order chi connectivity index (χ0) is 9.35. The number of imidazole rings is 1. The molecule has 0 aromatic carbocycles. The minimum Gasteiger partial charge on any atom is -0.332 e. The minimum absolute atomic E-state index is 0.0429. The highest BCUT2D eigenvalue weighted by Gasteiger charge is 2.19. The van der Waals surface area contributed by atoms with Crippen LogP contribution in [0.2, 0.25) is 5.15 Å². The van der Waals surface area contributed by atoms with Gasteiger partial charge in [0, 0.05) is 5.41 Å². The molecule has 0 aliphatic heterocycles. The third-order valence-electron chi connectivity index (χ3n) is 1.51. The molecule has 0 bridgehead atoms. The highest BCUT2D eigenvalue weighted by molar-refractivity contribution is 6.30. The number of hydrogen-bond acceptors (Lipinski definition) is 1. The van der Waals surface area contributed by atoms with Crippen LogP contribution in [0.1, 0.15) is 32.3 Å². The quantitative estimate of drug-likeness (QED) is 0.613. The molecule has 1 rings (SSSR count). The molecule has 0 spiro atoms. The van der Waals surface area contributed by atoms with Crippen LogP contribution in [0.5, 0.6) is 0 Å². The fourth-order valence-corrected chi connectivity index (χ4v) is 0.989. The number of nitrogens with zero attached hydrogens (tertiary/aromatic N) is 1. The van der Waals surface area contributed by atoms with Gasteiger partial charge in [0.2, 0.25) is 0 Å². The van der Waals surface area contributed by atoms with E-state index in [4.69, 9.17) is 18.0 Å². The molecule has 12 heavy (non-hydrogen) atoms. The summed E-state index contributed by atoms with van der Waals surface area (Å²) >= 11 is 5.79. The summed E-state index contributed by atoms with van der Waals surface area (Å²) in [4.78, 5) is 7.12. The van der Waals surface area contributed by atoms with E-state index in [1.807, 2.05) is 20.8 Å². The van der Waals surface area contributed by atoms with Crippen molar-refractivity contribution in [2.24, 2.45) is 0 Å². The third kappa shape index (κ3) is 1.62. The smallest absolute Gasteiger partial charge is 0.150 e. The van der Waals surface area contributed by atoms with E-state index in [0.29, 0.717) is 10.8 Å². The van der Waals surface area contributed by atoms with E-state index in [-0.39, 0.29) is 5.41 Å². The molecular weight excluding hydrogens is 172 g/mol. The van der Waals surface area contributed by atoms with Crippen molar-refractivity contribution >= 4 is 11.6 Å². The summed E-state index contributed by atoms with van der Waals surface area (Å²) < 4.78 is 0. The average Bonchev–Trinajstić information content (AvgIpc) is 2.29. The molecule has 0 unspecified atom stereocenters. The van der Waals surface area contributed by atoms with E-state index in [0.717, 1.165) is 5.82 Å². The lowest BCUT2D eigenvalue weighted by Crippen LogP contribution is -2.13. The zero-order valence-corrected chi connectivity index (χ0v) is 8.16. The summed E-state index contributed by atoms with van der Waals surface area (Å²) in [5.74, 6) is 3.23. The van der Waals surface area contributed by atoms with Crippen LogP contribution in [-0.4, -0.2) is 9.97 Å². The van der Waals surface area contributed by atoms with Gasteiger partial charge in [-0.1, -0.05) is 32.4 Å². The Labute approximate surface area is 77.4 Å². The lowest BCUT2D eigenvalue weighted by atomic mass is 9.96. The summed E-state index contributed by atoms with van der Waals surface area (Å²) in [7, 11) is 0. The summed E-state index contributed by atoms with van der Waals surface area (Å²) in [6.45, 7) is 6.13. The molecule has 0 aliphatic carbocycles. The molecule has 1 heterocycles.